The summed E-state index contributed by atoms with van der Waals surface area (Å²) in [5, 5.41) is -6.64. The molecule has 0 aliphatic heterocycles. The summed E-state index contributed by atoms with van der Waals surface area (Å²) in [7, 11) is -23.0. The second-order valence-corrected chi connectivity index (χ2v) is 8.42. The molecular formula is C3H4N2O12S4. The molecule has 0 aliphatic rings. The van der Waals surface area contributed by atoms with Gasteiger partial charge in [0, 0.05) is 0 Å². The standard InChI is InChI=1S/C3H4N2O12S4/c6-18(7,8)1-2(19(9,10)11)5(21(15,16)17)3(4-1)20(12,13)14/h(H,6,7,8)(H,9,10,11)(H,12,13,14)(H,15,16,17). The van der Waals surface area contributed by atoms with Crippen molar-refractivity contribution in [1.82, 2.24) is 8.96 Å². The van der Waals surface area contributed by atoms with Gasteiger partial charge in [-0.1, -0.05) is 0 Å². The van der Waals surface area contributed by atoms with Crippen LogP contribution in [0, 0.1) is 0 Å². The Morgan fingerprint density at radius 1 is 0.714 bits per heavy atom. The van der Waals surface area contributed by atoms with E-state index >= 15 is 0 Å². The van der Waals surface area contributed by atoms with Gasteiger partial charge >= 0.3 is 40.7 Å². The van der Waals surface area contributed by atoms with Crippen LogP contribution in [0.4, 0.5) is 0 Å². The van der Waals surface area contributed by atoms with Crippen molar-refractivity contribution >= 4 is 40.7 Å². The molecule has 0 aliphatic carbocycles. The third-order valence-corrected chi connectivity index (χ3v) is 5.24. The van der Waals surface area contributed by atoms with Gasteiger partial charge in [0.2, 0.25) is 10.1 Å². The molecule has 0 atom stereocenters. The molecule has 4 N–H and O–H groups in total. The zero-order valence-corrected chi connectivity index (χ0v) is 12.3. The van der Waals surface area contributed by atoms with Crippen molar-refractivity contribution in [3.8, 4) is 0 Å². The minimum Gasteiger partial charge on any atom is -0.281 e. The first kappa shape index (κ1) is 17.9. The summed E-state index contributed by atoms with van der Waals surface area (Å²) >= 11 is 0. The van der Waals surface area contributed by atoms with Gasteiger partial charge in [-0.3, -0.25) is 18.2 Å². The number of aromatic nitrogens is 2. The van der Waals surface area contributed by atoms with Crippen LogP contribution in [0.25, 0.3) is 0 Å². The van der Waals surface area contributed by atoms with E-state index in [0.717, 1.165) is 0 Å². The first-order chi connectivity index (χ1) is 8.97. The van der Waals surface area contributed by atoms with E-state index in [1.807, 2.05) is 0 Å². The molecule has 0 aromatic carbocycles. The molecule has 0 unspecified atom stereocenters. The molecule has 0 spiro atoms. The highest BCUT2D eigenvalue weighted by atomic mass is 32.2. The molecule has 21 heavy (non-hydrogen) atoms. The van der Waals surface area contributed by atoms with E-state index in [1.165, 1.54) is 0 Å². The lowest BCUT2D eigenvalue weighted by Gasteiger charge is -2.04. The van der Waals surface area contributed by atoms with Crippen molar-refractivity contribution in [3.05, 3.63) is 0 Å². The van der Waals surface area contributed by atoms with Crippen LogP contribution in [-0.2, 0) is 40.7 Å². The van der Waals surface area contributed by atoms with Crippen molar-refractivity contribution in [1.29, 1.82) is 0 Å². The first-order valence-electron chi connectivity index (χ1n) is 4.00. The van der Waals surface area contributed by atoms with Crippen molar-refractivity contribution in [3.63, 3.8) is 0 Å². The van der Waals surface area contributed by atoms with Crippen molar-refractivity contribution in [2.75, 3.05) is 0 Å². The molecule has 14 nitrogen and oxygen atoms in total. The van der Waals surface area contributed by atoms with Crippen LogP contribution in [0.1, 0.15) is 0 Å². The fourth-order valence-electron chi connectivity index (χ4n) is 1.10. The summed E-state index contributed by atoms with van der Waals surface area (Å²) in [4.78, 5) is 2.39. The number of hydrogen-bond acceptors (Lipinski definition) is 9. The average molecular weight is 388 g/mol. The Kier molecular flexibility index (Phi) is 3.98. The van der Waals surface area contributed by atoms with Crippen LogP contribution in [0.3, 0.4) is 0 Å². The van der Waals surface area contributed by atoms with Gasteiger partial charge in [-0.25, -0.2) is 0 Å². The topological polar surface area (TPSA) is 235 Å². The highest BCUT2D eigenvalue weighted by Crippen LogP contribution is 2.26. The third-order valence-electron chi connectivity index (χ3n) is 1.69. The Hall–Kier alpha value is -1.15. The fourth-order valence-corrected chi connectivity index (χ4v) is 5.16. The van der Waals surface area contributed by atoms with Gasteiger partial charge in [-0.2, -0.15) is 42.6 Å². The molecular weight excluding hydrogens is 384 g/mol. The van der Waals surface area contributed by atoms with Crippen molar-refractivity contribution in [2.45, 2.75) is 15.2 Å². The molecule has 0 bridgehead atoms. The maximum atomic E-state index is 11.0. The maximum Gasteiger partial charge on any atom is 0.367 e. The number of nitrogens with zero attached hydrogens (tertiary/aromatic N) is 2. The lowest BCUT2D eigenvalue weighted by Crippen LogP contribution is -2.22. The van der Waals surface area contributed by atoms with E-state index in [1.54, 1.807) is 0 Å². The second kappa shape index (κ2) is 4.67. The largest absolute Gasteiger partial charge is 0.367 e. The predicted octanol–water partition coefficient (Wildman–Crippen LogP) is -2.73. The monoisotopic (exact) mass is 388 g/mol. The van der Waals surface area contributed by atoms with E-state index in [-0.39, 0.29) is 0 Å². The van der Waals surface area contributed by atoms with E-state index in [0.29, 0.717) is 0 Å². The van der Waals surface area contributed by atoms with Crippen LogP contribution < -0.4 is 0 Å². The number of imidazole rings is 1. The lowest BCUT2D eigenvalue weighted by molar-refractivity contribution is 0.436. The molecule has 0 saturated heterocycles. The lowest BCUT2D eigenvalue weighted by atomic mass is 10.9. The molecule has 1 aromatic rings. The molecule has 0 amide bonds. The van der Waals surface area contributed by atoms with E-state index in [2.05, 4.69) is 4.98 Å². The first-order valence-corrected chi connectivity index (χ1v) is 9.72. The third kappa shape index (κ3) is 3.55. The summed E-state index contributed by atoms with van der Waals surface area (Å²) in [5.74, 6) is 0. The van der Waals surface area contributed by atoms with Gasteiger partial charge in [0.1, 0.15) is 0 Å². The molecule has 1 rings (SSSR count). The Morgan fingerprint density at radius 2 is 1.14 bits per heavy atom. The fraction of sp³-hybridized carbons (Fsp3) is 0. The molecule has 0 fully saturated rings. The summed E-state index contributed by atoms with van der Waals surface area (Å²) < 4.78 is 121. The van der Waals surface area contributed by atoms with Crippen LogP contribution in [0.15, 0.2) is 15.2 Å². The molecule has 0 radical (unpaired) electrons. The Morgan fingerprint density at radius 3 is 1.38 bits per heavy atom. The normalized spacial score (nSPS) is 14.3. The SMILES string of the molecule is O=S(=O)(O)c1nc(S(=O)(=O)O)n(S(=O)(=O)O)c1S(=O)(=O)O. The van der Waals surface area contributed by atoms with Crippen molar-refractivity contribution < 1.29 is 51.9 Å². The molecule has 18 heteroatoms. The average Bonchev–Trinajstić information content (AvgIpc) is 2.52. The highest BCUT2D eigenvalue weighted by Gasteiger charge is 2.41. The molecule has 1 aromatic heterocycles. The Bertz CT molecular complexity index is 922. The van der Waals surface area contributed by atoms with Crippen LogP contribution in [0.5, 0.6) is 0 Å². The number of rotatable bonds is 4. The van der Waals surface area contributed by atoms with Crippen molar-refractivity contribution in [2.24, 2.45) is 0 Å². The van der Waals surface area contributed by atoms with Crippen LogP contribution in [0.2, 0.25) is 0 Å². The molecule has 122 valence electrons. The van der Waals surface area contributed by atoms with Gasteiger partial charge in [0.25, 0.3) is 5.16 Å². The van der Waals surface area contributed by atoms with E-state index < -0.39 is 59.8 Å². The number of hydrogen-bond donors (Lipinski definition) is 4. The van der Waals surface area contributed by atoms with E-state index in [4.69, 9.17) is 18.2 Å². The van der Waals surface area contributed by atoms with E-state index in [9.17, 15) is 33.7 Å². The van der Waals surface area contributed by atoms with Gasteiger partial charge in [-0.05, 0) is 0 Å². The maximum absolute atomic E-state index is 11.0. The Balaban J connectivity index is 4.34. The van der Waals surface area contributed by atoms with Gasteiger partial charge in [-0.15, -0.1) is 0 Å². The summed E-state index contributed by atoms with van der Waals surface area (Å²) in [6.07, 6.45) is 0. The molecule has 0 saturated carbocycles. The van der Waals surface area contributed by atoms with Crippen LogP contribution >= 0.6 is 0 Å². The second-order valence-electron chi connectivity index (χ2n) is 3.17. The van der Waals surface area contributed by atoms with Gasteiger partial charge < -0.3 is 0 Å². The zero-order chi connectivity index (χ0) is 17.0. The van der Waals surface area contributed by atoms with Gasteiger partial charge in [0.05, 0.1) is 0 Å². The summed E-state index contributed by atoms with van der Waals surface area (Å²) in [6, 6.07) is 0. The van der Waals surface area contributed by atoms with Gasteiger partial charge in [0.15, 0.2) is 0 Å². The van der Waals surface area contributed by atoms with Crippen LogP contribution in [-0.4, -0.2) is 60.8 Å². The highest BCUT2D eigenvalue weighted by molar-refractivity contribution is 7.91. The molecule has 1 heterocycles. The quantitative estimate of drug-likeness (QED) is 0.384. The predicted molar refractivity (Wildman–Crippen MR) is 58.6 cm³/mol. The smallest absolute Gasteiger partial charge is 0.281 e. The summed E-state index contributed by atoms with van der Waals surface area (Å²) in [5.41, 5.74) is 0. The minimum atomic E-state index is -5.87. The summed E-state index contributed by atoms with van der Waals surface area (Å²) in [6.45, 7) is 0. The minimum absolute atomic E-state index is 1.19. The zero-order valence-electron chi connectivity index (χ0n) is 9.08. The Labute approximate surface area is 117 Å².